The van der Waals surface area contributed by atoms with Gasteiger partial charge in [-0.15, -0.1) is 0 Å². The van der Waals surface area contributed by atoms with E-state index < -0.39 is 0 Å². The van der Waals surface area contributed by atoms with Crippen molar-refractivity contribution in [2.24, 2.45) is 0 Å². The van der Waals surface area contributed by atoms with Crippen molar-refractivity contribution in [2.75, 3.05) is 17.2 Å². The molecule has 0 aliphatic rings. The van der Waals surface area contributed by atoms with Crippen LogP contribution in [0, 0.1) is 0 Å². The van der Waals surface area contributed by atoms with Crippen molar-refractivity contribution in [2.45, 2.75) is 33.4 Å². The van der Waals surface area contributed by atoms with Crippen LogP contribution in [0.4, 0.5) is 16.2 Å². The Morgan fingerprint density at radius 3 is 2.35 bits per heavy atom. The Hall–Kier alpha value is -2.86. The van der Waals surface area contributed by atoms with Crippen LogP contribution in [-0.2, 0) is 6.54 Å². The number of nitrogens with one attached hydrogen (secondary N) is 4. The molecule has 6 heteroatoms. The van der Waals surface area contributed by atoms with Crippen LogP contribution in [-0.4, -0.2) is 24.5 Å². The van der Waals surface area contributed by atoms with Crippen molar-refractivity contribution in [1.82, 2.24) is 10.6 Å². The number of amides is 3. The van der Waals surface area contributed by atoms with Crippen LogP contribution in [0.15, 0.2) is 48.5 Å². The van der Waals surface area contributed by atoms with E-state index in [1.54, 1.807) is 24.3 Å². The average Bonchev–Trinajstić information content (AvgIpc) is 2.59. The highest BCUT2D eigenvalue weighted by atomic mass is 16.2. The zero-order valence-electron chi connectivity index (χ0n) is 15.4. The van der Waals surface area contributed by atoms with E-state index in [-0.39, 0.29) is 18.0 Å². The van der Waals surface area contributed by atoms with E-state index in [0.717, 1.165) is 24.3 Å². The first-order chi connectivity index (χ1) is 12.5. The highest BCUT2D eigenvalue weighted by Gasteiger charge is 2.09. The molecular formula is C20H26N4O2. The number of benzene rings is 2. The van der Waals surface area contributed by atoms with Gasteiger partial charge >= 0.3 is 6.03 Å². The quantitative estimate of drug-likeness (QED) is 0.613. The molecule has 26 heavy (non-hydrogen) atoms. The van der Waals surface area contributed by atoms with Gasteiger partial charge in [-0.3, -0.25) is 4.79 Å². The molecule has 0 bridgehead atoms. The van der Waals surface area contributed by atoms with Gasteiger partial charge < -0.3 is 21.3 Å². The summed E-state index contributed by atoms with van der Waals surface area (Å²) < 4.78 is 0. The Balaban J connectivity index is 2.03. The Morgan fingerprint density at radius 1 is 0.962 bits per heavy atom. The van der Waals surface area contributed by atoms with Gasteiger partial charge in [0, 0.05) is 29.5 Å². The summed E-state index contributed by atoms with van der Waals surface area (Å²) in [6.45, 7) is 7.46. The molecule has 0 aliphatic carbocycles. The summed E-state index contributed by atoms with van der Waals surface area (Å²) in [6.07, 6.45) is 0. The third kappa shape index (κ3) is 6.22. The lowest BCUT2D eigenvalue weighted by Crippen LogP contribution is -2.34. The van der Waals surface area contributed by atoms with Gasteiger partial charge in [0.25, 0.3) is 5.91 Å². The van der Waals surface area contributed by atoms with E-state index in [2.05, 4.69) is 21.3 Å². The molecule has 2 aromatic carbocycles. The van der Waals surface area contributed by atoms with E-state index in [1.165, 1.54) is 0 Å². The van der Waals surface area contributed by atoms with Gasteiger partial charge in [-0.05, 0) is 56.3 Å². The lowest BCUT2D eigenvalue weighted by atomic mass is 10.1. The molecule has 0 fully saturated rings. The molecule has 0 aliphatic heterocycles. The van der Waals surface area contributed by atoms with Crippen molar-refractivity contribution in [1.29, 1.82) is 0 Å². The summed E-state index contributed by atoms with van der Waals surface area (Å²) in [4.78, 5) is 24.3. The second-order valence-electron chi connectivity index (χ2n) is 6.27. The van der Waals surface area contributed by atoms with Gasteiger partial charge in [-0.1, -0.05) is 25.1 Å². The Kier molecular flexibility index (Phi) is 7.17. The number of anilines is 2. The second kappa shape index (κ2) is 9.58. The highest BCUT2D eigenvalue weighted by Crippen LogP contribution is 2.15. The van der Waals surface area contributed by atoms with Crippen molar-refractivity contribution in [3.05, 3.63) is 59.7 Å². The molecule has 0 unspecified atom stereocenters. The van der Waals surface area contributed by atoms with Gasteiger partial charge in [0.1, 0.15) is 0 Å². The third-order valence-corrected chi connectivity index (χ3v) is 3.57. The Bertz CT molecular complexity index is 759. The molecule has 138 valence electrons. The number of rotatable bonds is 7. The van der Waals surface area contributed by atoms with Gasteiger partial charge in [0.2, 0.25) is 0 Å². The zero-order valence-corrected chi connectivity index (χ0v) is 15.4. The van der Waals surface area contributed by atoms with Crippen LogP contribution < -0.4 is 21.3 Å². The summed E-state index contributed by atoms with van der Waals surface area (Å²) in [6, 6.07) is 14.3. The van der Waals surface area contributed by atoms with Crippen molar-refractivity contribution in [3.8, 4) is 0 Å². The maximum atomic E-state index is 12.5. The van der Waals surface area contributed by atoms with Crippen LogP contribution in [0.5, 0.6) is 0 Å². The maximum Gasteiger partial charge on any atom is 0.319 e. The lowest BCUT2D eigenvalue weighted by Gasteiger charge is -2.11. The van der Waals surface area contributed by atoms with Crippen molar-refractivity contribution < 1.29 is 9.59 Å². The van der Waals surface area contributed by atoms with Gasteiger partial charge in [0.05, 0.1) is 0 Å². The van der Waals surface area contributed by atoms with Crippen LogP contribution in [0.25, 0.3) is 0 Å². The summed E-state index contributed by atoms with van der Waals surface area (Å²) in [7, 11) is 0. The molecule has 4 N–H and O–H groups in total. The molecule has 0 saturated heterocycles. The molecule has 0 heterocycles. The maximum absolute atomic E-state index is 12.5. The molecule has 2 rings (SSSR count). The molecule has 6 nitrogen and oxygen atoms in total. The molecular weight excluding hydrogens is 328 g/mol. The topological polar surface area (TPSA) is 82.3 Å². The number of hydrogen-bond donors (Lipinski definition) is 4. The molecule has 0 spiro atoms. The van der Waals surface area contributed by atoms with Crippen LogP contribution in [0.3, 0.4) is 0 Å². The minimum Gasteiger partial charge on any atom is -0.336 e. The second-order valence-corrected chi connectivity index (χ2v) is 6.27. The van der Waals surface area contributed by atoms with E-state index in [4.69, 9.17) is 0 Å². The first kappa shape index (κ1) is 19.5. The van der Waals surface area contributed by atoms with E-state index >= 15 is 0 Å². The fourth-order valence-corrected chi connectivity index (χ4v) is 2.40. The van der Waals surface area contributed by atoms with Gasteiger partial charge in [-0.25, -0.2) is 4.79 Å². The summed E-state index contributed by atoms with van der Waals surface area (Å²) in [5.74, 6) is -0.224. The molecule has 3 amide bonds. The van der Waals surface area contributed by atoms with Crippen LogP contribution in [0.1, 0.15) is 36.7 Å². The minimum absolute atomic E-state index is 0.0379. The average molecular weight is 354 g/mol. The molecule has 2 aromatic rings. The predicted molar refractivity (Wildman–Crippen MR) is 106 cm³/mol. The number of urea groups is 1. The van der Waals surface area contributed by atoms with Crippen molar-refractivity contribution in [3.63, 3.8) is 0 Å². The third-order valence-electron chi connectivity index (χ3n) is 3.57. The van der Waals surface area contributed by atoms with Crippen molar-refractivity contribution >= 4 is 23.3 Å². The first-order valence-electron chi connectivity index (χ1n) is 8.76. The minimum atomic E-state index is -0.298. The van der Waals surface area contributed by atoms with E-state index in [1.807, 2.05) is 45.0 Å². The molecule has 0 radical (unpaired) electrons. The normalized spacial score (nSPS) is 10.5. The molecule has 0 aromatic heterocycles. The van der Waals surface area contributed by atoms with Gasteiger partial charge in [0.15, 0.2) is 0 Å². The smallest absolute Gasteiger partial charge is 0.319 e. The summed E-state index contributed by atoms with van der Waals surface area (Å²) >= 11 is 0. The lowest BCUT2D eigenvalue weighted by molar-refractivity contribution is 0.102. The van der Waals surface area contributed by atoms with Crippen LogP contribution in [0.2, 0.25) is 0 Å². The van der Waals surface area contributed by atoms with E-state index in [9.17, 15) is 9.59 Å². The molecule has 0 saturated carbocycles. The van der Waals surface area contributed by atoms with E-state index in [0.29, 0.717) is 11.3 Å². The fraction of sp³-hybridized carbons (Fsp3) is 0.300. The monoisotopic (exact) mass is 354 g/mol. The number of carbonyl (C=O) groups is 2. The highest BCUT2D eigenvalue weighted by molar-refractivity contribution is 6.05. The largest absolute Gasteiger partial charge is 0.336 e. The summed E-state index contributed by atoms with van der Waals surface area (Å²) in [5, 5.41) is 11.6. The standard InChI is InChI=1S/C20H26N4O2/c1-4-21-13-15-7-5-9-17(11-15)23-19(25)16-8-6-10-18(12-16)24-20(26)22-14(2)3/h5-12,14,21H,4,13H2,1-3H3,(H,23,25)(H2,22,24,26). The Labute approximate surface area is 154 Å². The number of carbonyl (C=O) groups excluding carboxylic acids is 2. The molecule has 0 atom stereocenters. The number of hydrogen-bond acceptors (Lipinski definition) is 3. The Morgan fingerprint density at radius 2 is 1.65 bits per heavy atom. The predicted octanol–water partition coefficient (Wildman–Crippen LogP) is 3.58. The fourth-order valence-electron chi connectivity index (χ4n) is 2.40. The zero-order chi connectivity index (χ0) is 18.9. The van der Waals surface area contributed by atoms with Gasteiger partial charge in [-0.2, -0.15) is 0 Å². The first-order valence-corrected chi connectivity index (χ1v) is 8.76. The SMILES string of the molecule is CCNCc1cccc(NC(=O)c2cccc(NC(=O)NC(C)C)c2)c1. The summed E-state index contributed by atoms with van der Waals surface area (Å²) in [5.41, 5.74) is 2.88. The van der Waals surface area contributed by atoms with Crippen LogP contribution >= 0.6 is 0 Å².